The lowest BCUT2D eigenvalue weighted by atomic mass is 10.1. The van der Waals surface area contributed by atoms with Gasteiger partial charge in [0, 0.05) is 0 Å². The highest BCUT2D eigenvalue weighted by Gasteiger charge is 2.17. The van der Waals surface area contributed by atoms with Crippen LogP contribution in [0.4, 0.5) is 10.5 Å². The number of phenolic OH excluding ortho intramolecular Hbond substituents is 1. The molecule has 0 heterocycles. The lowest BCUT2D eigenvalue weighted by Gasteiger charge is -2.20. The first-order valence-electron chi connectivity index (χ1n) is 5.70. The lowest BCUT2D eigenvalue weighted by molar-refractivity contribution is 0.0635. The molecule has 0 fully saturated rings. The van der Waals surface area contributed by atoms with E-state index in [4.69, 9.17) is 4.74 Å². The van der Waals surface area contributed by atoms with Crippen molar-refractivity contribution in [3.05, 3.63) is 23.8 Å². The number of aliphatic hydroxyl groups is 1. The van der Waals surface area contributed by atoms with Crippen molar-refractivity contribution in [1.29, 1.82) is 0 Å². The summed E-state index contributed by atoms with van der Waals surface area (Å²) < 4.78 is 5.07. The summed E-state index contributed by atoms with van der Waals surface area (Å²) in [5, 5.41) is 21.5. The van der Waals surface area contributed by atoms with Crippen LogP contribution in [0.1, 0.15) is 39.4 Å². The van der Waals surface area contributed by atoms with Crippen LogP contribution < -0.4 is 5.32 Å². The van der Waals surface area contributed by atoms with Crippen LogP contribution in [0.15, 0.2) is 18.2 Å². The summed E-state index contributed by atoms with van der Waals surface area (Å²) in [6, 6.07) is 4.50. The maximum absolute atomic E-state index is 11.6. The Kier molecular flexibility index (Phi) is 4.19. The van der Waals surface area contributed by atoms with Crippen molar-refractivity contribution in [1.82, 2.24) is 0 Å². The molecule has 0 aliphatic rings. The van der Waals surface area contributed by atoms with E-state index in [1.54, 1.807) is 33.8 Å². The molecule has 0 aliphatic heterocycles. The zero-order valence-electron chi connectivity index (χ0n) is 11.0. The summed E-state index contributed by atoms with van der Waals surface area (Å²) in [7, 11) is 0. The molecule has 0 spiro atoms. The smallest absolute Gasteiger partial charge is 0.412 e. The predicted molar refractivity (Wildman–Crippen MR) is 68.6 cm³/mol. The van der Waals surface area contributed by atoms with Crippen molar-refractivity contribution in [3.63, 3.8) is 0 Å². The maximum atomic E-state index is 11.6. The van der Waals surface area contributed by atoms with Crippen LogP contribution in [-0.2, 0) is 4.74 Å². The fourth-order valence-electron chi connectivity index (χ4n) is 1.33. The van der Waals surface area contributed by atoms with E-state index in [2.05, 4.69) is 5.32 Å². The number of phenols is 1. The molecule has 1 aromatic carbocycles. The number of amides is 1. The average Bonchev–Trinajstić information content (AvgIpc) is 2.18. The first-order chi connectivity index (χ1) is 8.19. The summed E-state index contributed by atoms with van der Waals surface area (Å²) >= 11 is 0. The van der Waals surface area contributed by atoms with Gasteiger partial charge in [-0.3, -0.25) is 5.32 Å². The van der Waals surface area contributed by atoms with Crippen molar-refractivity contribution >= 4 is 11.8 Å². The predicted octanol–water partition coefficient (Wildman–Crippen LogP) is 2.79. The first kappa shape index (κ1) is 14.3. The molecule has 100 valence electrons. The van der Waals surface area contributed by atoms with Gasteiger partial charge in [0.1, 0.15) is 11.4 Å². The Morgan fingerprint density at radius 3 is 2.50 bits per heavy atom. The normalized spacial score (nSPS) is 12.9. The van der Waals surface area contributed by atoms with Gasteiger partial charge in [0.2, 0.25) is 0 Å². The molecule has 3 N–H and O–H groups in total. The Labute approximate surface area is 106 Å². The zero-order valence-corrected chi connectivity index (χ0v) is 11.0. The highest BCUT2D eigenvalue weighted by molar-refractivity contribution is 5.87. The number of nitrogens with one attached hydrogen (secondary N) is 1. The van der Waals surface area contributed by atoms with Crippen molar-refractivity contribution in [3.8, 4) is 5.75 Å². The van der Waals surface area contributed by atoms with E-state index in [1.165, 1.54) is 12.1 Å². The number of anilines is 1. The minimum Gasteiger partial charge on any atom is -0.506 e. The third-order valence-electron chi connectivity index (χ3n) is 2.14. The SMILES string of the molecule is C[C@@H](O)c1ccc(O)c(NC(=O)OC(C)(C)C)c1. The molecule has 0 saturated heterocycles. The van der Waals surface area contributed by atoms with E-state index in [9.17, 15) is 15.0 Å². The van der Waals surface area contributed by atoms with Crippen LogP contribution in [0, 0.1) is 0 Å². The van der Waals surface area contributed by atoms with Crippen LogP contribution >= 0.6 is 0 Å². The summed E-state index contributed by atoms with van der Waals surface area (Å²) in [5.74, 6) is -0.0785. The third-order valence-corrected chi connectivity index (χ3v) is 2.14. The molecule has 1 atom stereocenters. The Hall–Kier alpha value is -1.75. The fraction of sp³-hybridized carbons (Fsp3) is 0.462. The quantitative estimate of drug-likeness (QED) is 0.708. The summed E-state index contributed by atoms with van der Waals surface area (Å²) in [6.07, 6.45) is -1.33. The highest BCUT2D eigenvalue weighted by Crippen LogP contribution is 2.27. The molecule has 0 unspecified atom stereocenters. The van der Waals surface area contributed by atoms with Crippen LogP contribution in [0.25, 0.3) is 0 Å². The largest absolute Gasteiger partial charge is 0.506 e. The Morgan fingerprint density at radius 2 is 2.00 bits per heavy atom. The van der Waals surface area contributed by atoms with E-state index >= 15 is 0 Å². The van der Waals surface area contributed by atoms with Crippen molar-refractivity contribution in [2.45, 2.75) is 39.4 Å². The van der Waals surface area contributed by atoms with Gasteiger partial charge >= 0.3 is 6.09 Å². The molecular weight excluding hydrogens is 234 g/mol. The summed E-state index contributed by atoms with van der Waals surface area (Å²) in [6.45, 7) is 6.85. The van der Waals surface area contributed by atoms with Crippen molar-refractivity contribution in [2.24, 2.45) is 0 Å². The zero-order chi connectivity index (χ0) is 13.9. The topological polar surface area (TPSA) is 78.8 Å². The lowest BCUT2D eigenvalue weighted by Crippen LogP contribution is -2.27. The monoisotopic (exact) mass is 253 g/mol. The number of rotatable bonds is 2. The van der Waals surface area contributed by atoms with E-state index in [1.807, 2.05) is 0 Å². The second kappa shape index (κ2) is 5.27. The molecule has 0 aromatic heterocycles. The number of hydrogen-bond acceptors (Lipinski definition) is 4. The van der Waals surface area contributed by atoms with E-state index in [0.717, 1.165) is 0 Å². The molecule has 1 aromatic rings. The van der Waals surface area contributed by atoms with Gasteiger partial charge in [-0.1, -0.05) is 6.07 Å². The second-order valence-corrected chi connectivity index (χ2v) is 5.08. The molecule has 0 aliphatic carbocycles. The molecule has 18 heavy (non-hydrogen) atoms. The van der Waals surface area contributed by atoms with Gasteiger partial charge in [-0.05, 0) is 45.4 Å². The molecular formula is C13H19NO4. The minimum absolute atomic E-state index is 0.0785. The van der Waals surface area contributed by atoms with E-state index < -0.39 is 17.8 Å². The van der Waals surface area contributed by atoms with Gasteiger partial charge in [0.05, 0.1) is 11.8 Å². The van der Waals surface area contributed by atoms with Gasteiger partial charge in [-0.15, -0.1) is 0 Å². The fourth-order valence-corrected chi connectivity index (χ4v) is 1.33. The highest BCUT2D eigenvalue weighted by atomic mass is 16.6. The Morgan fingerprint density at radius 1 is 1.39 bits per heavy atom. The van der Waals surface area contributed by atoms with Crippen molar-refractivity contribution < 1.29 is 19.7 Å². The van der Waals surface area contributed by atoms with Gasteiger partial charge in [0.15, 0.2) is 0 Å². The number of hydrogen-bond donors (Lipinski definition) is 3. The van der Waals surface area contributed by atoms with Crippen molar-refractivity contribution in [2.75, 3.05) is 5.32 Å². The van der Waals surface area contributed by atoms with E-state index in [0.29, 0.717) is 5.56 Å². The Balaban J connectivity index is 2.84. The molecule has 0 saturated carbocycles. The molecule has 0 bridgehead atoms. The summed E-state index contributed by atoms with van der Waals surface area (Å²) in [4.78, 5) is 11.6. The first-order valence-corrected chi connectivity index (χ1v) is 5.70. The number of carbonyl (C=O) groups excluding carboxylic acids is 1. The van der Waals surface area contributed by atoms with Crippen LogP contribution in [-0.4, -0.2) is 21.9 Å². The molecule has 0 radical (unpaired) electrons. The van der Waals surface area contributed by atoms with E-state index in [-0.39, 0.29) is 11.4 Å². The number of aliphatic hydroxyl groups excluding tert-OH is 1. The van der Waals surface area contributed by atoms with Crippen LogP contribution in [0.2, 0.25) is 0 Å². The van der Waals surface area contributed by atoms with Gasteiger partial charge < -0.3 is 14.9 Å². The average molecular weight is 253 g/mol. The Bertz CT molecular complexity index is 435. The van der Waals surface area contributed by atoms with Gasteiger partial charge in [-0.25, -0.2) is 4.79 Å². The van der Waals surface area contributed by atoms with Gasteiger partial charge in [-0.2, -0.15) is 0 Å². The van der Waals surface area contributed by atoms with Gasteiger partial charge in [0.25, 0.3) is 0 Å². The van der Waals surface area contributed by atoms with Crippen LogP contribution in [0.3, 0.4) is 0 Å². The standard InChI is InChI=1S/C13H19NO4/c1-8(15)9-5-6-11(16)10(7-9)14-12(17)18-13(2,3)4/h5-8,15-16H,1-4H3,(H,14,17)/t8-/m1/s1. The number of aromatic hydroxyl groups is 1. The third kappa shape index (κ3) is 4.25. The molecule has 5 nitrogen and oxygen atoms in total. The summed E-state index contributed by atoms with van der Waals surface area (Å²) in [5.41, 5.74) is 0.197. The van der Waals surface area contributed by atoms with Crippen LogP contribution in [0.5, 0.6) is 5.75 Å². The molecule has 1 rings (SSSR count). The second-order valence-electron chi connectivity index (χ2n) is 5.08. The maximum Gasteiger partial charge on any atom is 0.412 e. The number of ether oxygens (including phenoxy) is 1. The minimum atomic E-state index is -0.676. The number of carbonyl (C=O) groups is 1. The molecule has 1 amide bonds. The number of benzene rings is 1. The molecule has 5 heteroatoms.